The highest BCUT2D eigenvalue weighted by Crippen LogP contribution is 2.39. The Morgan fingerprint density at radius 3 is 2.19 bits per heavy atom. The third-order valence-electron chi connectivity index (χ3n) is 3.77. The first-order valence-electron chi connectivity index (χ1n) is 5.69. The summed E-state index contributed by atoms with van der Waals surface area (Å²) in [4.78, 5) is 0. The van der Waals surface area contributed by atoms with Gasteiger partial charge in [-0.2, -0.15) is 0 Å². The molecule has 1 aromatic rings. The fourth-order valence-corrected chi connectivity index (χ4v) is 2.77. The van der Waals surface area contributed by atoms with E-state index >= 15 is 0 Å². The lowest BCUT2D eigenvalue weighted by Gasteiger charge is -2.46. The zero-order chi connectivity index (χ0) is 11.8. The summed E-state index contributed by atoms with van der Waals surface area (Å²) in [6.07, 6.45) is 0.968. The number of nitrogens with one attached hydrogen (secondary N) is 1. The Labute approximate surface area is 107 Å². The van der Waals surface area contributed by atoms with Crippen molar-refractivity contribution in [3.63, 3.8) is 0 Å². The molecule has 1 aliphatic rings. The molecule has 1 saturated heterocycles. The van der Waals surface area contributed by atoms with Crippen LogP contribution in [0.15, 0.2) is 18.2 Å². The summed E-state index contributed by atoms with van der Waals surface area (Å²) in [6.45, 7) is 6.66. The van der Waals surface area contributed by atoms with E-state index in [4.69, 9.17) is 23.2 Å². The molecule has 0 saturated carbocycles. The predicted molar refractivity (Wildman–Crippen MR) is 70.3 cm³/mol. The van der Waals surface area contributed by atoms with Crippen molar-refractivity contribution < 1.29 is 0 Å². The van der Waals surface area contributed by atoms with Gasteiger partial charge in [-0.15, -0.1) is 0 Å². The summed E-state index contributed by atoms with van der Waals surface area (Å²) in [5.41, 5.74) is 1.43. The van der Waals surface area contributed by atoms with Crippen molar-refractivity contribution in [3.8, 4) is 0 Å². The Bertz CT molecular complexity index is 363. The summed E-state index contributed by atoms with van der Waals surface area (Å²) in [7, 11) is 0. The predicted octanol–water partition coefficient (Wildman–Crippen LogP) is 3.78. The van der Waals surface area contributed by atoms with E-state index in [0.717, 1.165) is 35.1 Å². The number of rotatable bonds is 3. The van der Waals surface area contributed by atoms with Crippen LogP contribution in [0.5, 0.6) is 0 Å². The van der Waals surface area contributed by atoms with E-state index in [1.807, 2.05) is 18.2 Å². The molecule has 0 amide bonds. The van der Waals surface area contributed by atoms with Crippen LogP contribution in [0.4, 0.5) is 0 Å². The molecule has 0 atom stereocenters. The van der Waals surface area contributed by atoms with Crippen LogP contribution in [-0.4, -0.2) is 13.1 Å². The molecule has 1 heterocycles. The molecule has 1 aromatic carbocycles. The van der Waals surface area contributed by atoms with Gasteiger partial charge in [0.25, 0.3) is 0 Å². The van der Waals surface area contributed by atoms with Gasteiger partial charge in [-0.1, -0.05) is 43.1 Å². The van der Waals surface area contributed by atoms with Gasteiger partial charge in [0.15, 0.2) is 0 Å². The van der Waals surface area contributed by atoms with Gasteiger partial charge in [-0.25, -0.2) is 0 Å². The average molecular weight is 258 g/mol. The Morgan fingerprint density at radius 2 is 1.81 bits per heavy atom. The van der Waals surface area contributed by atoms with E-state index in [0.29, 0.717) is 11.3 Å². The van der Waals surface area contributed by atoms with Crippen molar-refractivity contribution in [3.05, 3.63) is 33.8 Å². The van der Waals surface area contributed by atoms with Crippen LogP contribution >= 0.6 is 23.2 Å². The molecule has 3 heteroatoms. The van der Waals surface area contributed by atoms with Crippen LogP contribution in [0.1, 0.15) is 19.4 Å². The van der Waals surface area contributed by atoms with Gasteiger partial charge in [0.05, 0.1) is 0 Å². The van der Waals surface area contributed by atoms with E-state index in [1.165, 1.54) is 0 Å². The molecule has 88 valence electrons. The fraction of sp³-hybridized carbons (Fsp3) is 0.538. The highest BCUT2D eigenvalue weighted by molar-refractivity contribution is 6.36. The Hall–Kier alpha value is -0.240. The first-order chi connectivity index (χ1) is 7.55. The van der Waals surface area contributed by atoms with E-state index in [1.54, 1.807) is 0 Å². The van der Waals surface area contributed by atoms with E-state index in [2.05, 4.69) is 19.2 Å². The largest absolute Gasteiger partial charge is 0.315 e. The molecule has 1 aliphatic heterocycles. The molecular formula is C13H17Cl2N. The van der Waals surface area contributed by atoms with E-state index in [-0.39, 0.29) is 0 Å². The standard InChI is InChI=1S/C13H17Cl2N/c1-9(2)13(7-16-8-13)6-10-11(14)4-3-5-12(10)15/h3-5,9,16H,6-8H2,1-2H3. The van der Waals surface area contributed by atoms with Crippen molar-refractivity contribution in [1.82, 2.24) is 5.32 Å². The maximum Gasteiger partial charge on any atom is 0.0453 e. The van der Waals surface area contributed by atoms with Gasteiger partial charge in [0.2, 0.25) is 0 Å². The zero-order valence-electron chi connectivity index (χ0n) is 9.69. The molecule has 0 aromatic heterocycles. The molecule has 16 heavy (non-hydrogen) atoms. The molecular weight excluding hydrogens is 241 g/mol. The number of hydrogen-bond acceptors (Lipinski definition) is 1. The molecule has 0 bridgehead atoms. The highest BCUT2D eigenvalue weighted by atomic mass is 35.5. The van der Waals surface area contributed by atoms with Gasteiger partial charge in [0, 0.05) is 28.5 Å². The quantitative estimate of drug-likeness (QED) is 0.869. The molecule has 1 N–H and O–H groups in total. The highest BCUT2D eigenvalue weighted by Gasteiger charge is 2.40. The second-order valence-electron chi connectivity index (χ2n) is 5.00. The van der Waals surface area contributed by atoms with Crippen LogP contribution < -0.4 is 5.32 Å². The summed E-state index contributed by atoms with van der Waals surface area (Å²) in [5.74, 6) is 0.640. The van der Waals surface area contributed by atoms with Crippen molar-refractivity contribution in [2.75, 3.05) is 13.1 Å². The fourth-order valence-electron chi connectivity index (χ4n) is 2.24. The minimum Gasteiger partial charge on any atom is -0.315 e. The molecule has 0 aliphatic carbocycles. The van der Waals surface area contributed by atoms with Crippen LogP contribution in [0, 0.1) is 11.3 Å². The van der Waals surface area contributed by atoms with Crippen molar-refractivity contribution >= 4 is 23.2 Å². The van der Waals surface area contributed by atoms with Gasteiger partial charge in [0.1, 0.15) is 0 Å². The van der Waals surface area contributed by atoms with Gasteiger partial charge >= 0.3 is 0 Å². The lowest BCUT2D eigenvalue weighted by molar-refractivity contribution is 0.0995. The molecule has 0 spiro atoms. The first kappa shape index (κ1) is 12.2. The van der Waals surface area contributed by atoms with E-state index in [9.17, 15) is 0 Å². The normalized spacial score (nSPS) is 18.6. The Balaban J connectivity index is 2.26. The molecule has 0 unspecified atom stereocenters. The average Bonchev–Trinajstić information content (AvgIpc) is 2.14. The number of halogens is 2. The molecule has 1 fully saturated rings. The smallest absolute Gasteiger partial charge is 0.0453 e. The minimum absolute atomic E-state index is 0.328. The lowest BCUT2D eigenvalue weighted by atomic mass is 9.68. The third-order valence-corrected chi connectivity index (χ3v) is 4.48. The Morgan fingerprint density at radius 1 is 1.25 bits per heavy atom. The van der Waals surface area contributed by atoms with Crippen LogP contribution in [0.2, 0.25) is 10.0 Å². The maximum atomic E-state index is 6.22. The van der Waals surface area contributed by atoms with Crippen LogP contribution in [-0.2, 0) is 6.42 Å². The summed E-state index contributed by atoms with van der Waals surface area (Å²) in [5, 5.41) is 4.94. The van der Waals surface area contributed by atoms with Gasteiger partial charge in [-0.3, -0.25) is 0 Å². The molecule has 1 nitrogen and oxygen atoms in total. The summed E-state index contributed by atoms with van der Waals surface area (Å²) < 4.78 is 0. The van der Waals surface area contributed by atoms with Crippen molar-refractivity contribution in [2.45, 2.75) is 20.3 Å². The topological polar surface area (TPSA) is 12.0 Å². The molecule has 2 rings (SSSR count). The van der Waals surface area contributed by atoms with Crippen LogP contribution in [0.3, 0.4) is 0 Å². The maximum absolute atomic E-state index is 6.22. The zero-order valence-corrected chi connectivity index (χ0v) is 11.2. The third kappa shape index (κ3) is 2.09. The summed E-state index contributed by atoms with van der Waals surface area (Å²) in [6, 6.07) is 5.74. The SMILES string of the molecule is CC(C)C1(Cc2c(Cl)cccc2Cl)CNC1. The van der Waals surface area contributed by atoms with Crippen LogP contribution in [0.25, 0.3) is 0 Å². The number of benzene rings is 1. The minimum atomic E-state index is 0.328. The lowest BCUT2D eigenvalue weighted by Crippen LogP contribution is -2.57. The van der Waals surface area contributed by atoms with E-state index < -0.39 is 0 Å². The first-order valence-corrected chi connectivity index (χ1v) is 6.44. The molecule has 0 radical (unpaired) electrons. The monoisotopic (exact) mass is 257 g/mol. The second kappa shape index (κ2) is 4.56. The van der Waals surface area contributed by atoms with Crippen molar-refractivity contribution in [1.29, 1.82) is 0 Å². The second-order valence-corrected chi connectivity index (χ2v) is 5.81. The van der Waals surface area contributed by atoms with Crippen molar-refractivity contribution in [2.24, 2.45) is 11.3 Å². The Kier molecular flexibility index (Phi) is 3.48. The van der Waals surface area contributed by atoms with Gasteiger partial charge in [-0.05, 0) is 30.0 Å². The summed E-state index contributed by atoms with van der Waals surface area (Å²) >= 11 is 12.4. The number of hydrogen-bond donors (Lipinski definition) is 1. The van der Waals surface area contributed by atoms with Gasteiger partial charge < -0.3 is 5.32 Å².